The molecule has 0 amide bonds. The molecule has 0 aromatic heterocycles. The average molecular weight is 275 g/mol. The molecule has 0 radical (unpaired) electrons. The molecule has 0 fully saturated rings. The van der Waals surface area contributed by atoms with Crippen molar-refractivity contribution in [2.45, 2.75) is 25.7 Å². The van der Waals surface area contributed by atoms with Crippen LogP contribution in [0.2, 0.25) is 0 Å². The van der Waals surface area contributed by atoms with E-state index in [-0.39, 0.29) is 5.17 Å². The molecule has 0 unspecified atom stereocenters. The normalized spacial score (nSPS) is 11.1. The number of rotatable bonds is 10. The van der Waals surface area contributed by atoms with Gasteiger partial charge in [-0.1, -0.05) is 24.6 Å². The number of amidine groups is 1. The summed E-state index contributed by atoms with van der Waals surface area (Å²) in [4.78, 5) is 9.76. The number of nitrogens with zero attached hydrogens (tertiary/aromatic N) is 1. The van der Waals surface area contributed by atoms with Crippen molar-refractivity contribution < 1.29 is 4.92 Å². The lowest BCUT2D eigenvalue weighted by Gasteiger charge is -2.07. The third kappa shape index (κ3) is 11.1. The van der Waals surface area contributed by atoms with E-state index in [0.29, 0.717) is 12.4 Å². The lowest BCUT2D eigenvalue weighted by Crippen LogP contribution is -2.25. The van der Waals surface area contributed by atoms with Gasteiger partial charge in [0.15, 0.2) is 11.0 Å². The summed E-state index contributed by atoms with van der Waals surface area (Å²) in [6.45, 7) is 0.709. The Bertz CT molecular complexity index is 296. The van der Waals surface area contributed by atoms with E-state index in [2.05, 4.69) is 10.6 Å². The number of nitrogens with two attached hydrogens (primary N) is 1. The fraction of sp³-hybridized carbons (Fsp3) is 0.700. The summed E-state index contributed by atoms with van der Waals surface area (Å²) in [6, 6.07) is 0. The maximum atomic E-state index is 10.3. The number of nitrogens with one attached hydrogen (secondary N) is 3. The van der Waals surface area contributed by atoms with Gasteiger partial charge in [-0.3, -0.25) is 15.5 Å². The summed E-state index contributed by atoms with van der Waals surface area (Å²) in [5.41, 5.74) is 5.21. The monoisotopic (exact) mass is 275 g/mol. The Kier molecular flexibility index (Phi) is 9.84. The third-order valence-electron chi connectivity index (χ3n) is 2.15. The summed E-state index contributed by atoms with van der Waals surface area (Å²) in [6.07, 6.45) is 5.05. The lowest BCUT2D eigenvalue weighted by molar-refractivity contribution is -0.404. The van der Waals surface area contributed by atoms with Gasteiger partial charge in [0.1, 0.15) is 0 Å². The van der Waals surface area contributed by atoms with E-state index < -0.39 is 4.92 Å². The molecule has 0 atom stereocenters. The van der Waals surface area contributed by atoms with Crippen LogP contribution in [0, 0.1) is 15.5 Å². The van der Waals surface area contributed by atoms with Gasteiger partial charge in [-0.05, 0) is 12.8 Å². The highest BCUT2D eigenvalue weighted by Crippen LogP contribution is 2.06. The summed E-state index contributed by atoms with van der Waals surface area (Å²) >= 11 is 1.36. The van der Waals surface area contributed by atoms with E-state index in [1.54, 1.807) is 7.05 Å². The second-order valence-electron chi connectivity index (χ2n) is 3.63. The minimum Gasteiger partial charge on any atom is -0.379 e. The van der Waals surface area contributed by atoms with Crippen LogP contribution in [-0.4, -0.2) is 29.4 Å². The highest BCUT2D eigenvalue weighted by atomic mass is 32.2. The van der Waals surface area contributed by atoms with E-state index in [4.69, 9.17) is 11.1 Å². The Morgan fingerprint density at radius 1 is 1.44 bits per heavy atom. The summed E-state index contributed by atoms with van der Waals surface area (Å²) in [5, 5.41) is 23.1. The van der Waals surface area contributed by atoms with Crippen LogP contribution in [0.1, 0.15) is 25.7 Å². The van der Waals surface area contributed by atoms with Gasteiger partial charge in [0.05, 0.1) is 4.92 Å². The maximum absolute atomic E-state index is 10.3. The molecule has 0 saturated heterocycles. The van der Waals surface area contributed by atoms with Crippen molar-refractivity contribution >= 4 is 16.9 Å². The van der Waals surface area contributed by atoms with Gasteiger partial charge >= 0.3 is 0 Å². The topological polar surface area (TPSA) is 117 Å². The number of nitro groups is 1. The minimum atomic E-state index is -0.488. The van der Waals surface area contributed by atoms with E-state index >= 15 is 0 Å². The third-order valence-corrected chi connectivity index (χ3v) is 2.95. The predicted molar refractivity (Wildman–Crippen MR) is 75.0 cm³/mol. The summed E-state index contributed by atoms with van der Waals surface area (Å²) in [5.74, 6) is 1.30. The number of hydrogen-bond donors (Lipinski definition) is 4. The largest absolute Gasteiger partial charge is 0.379 e. The quantitative estimate of drug-likeness (QED) is 0.156. The zero-order chi connectivity index (χ0) is 13.8. The summed E-state index contributed by atoms with van der Waals surface area (Å²) in [7, 11) is 1.64. The Morgan fingerprint density at radius 3 is 2.67 bits per heavy atom. The van der Waals surface area contributed by atoms with Crippen molar-refractivity contribution in [2.75, 3.05) is 19.3 Å². The van der Waals surface area contributed by atoms with Crippen LogP contribution in [0.3, 0.4) is 0 Å². The second-order valence-corrected chi connectivity index (χ2v) is 4.77. The molecule has 0 bridgehead atoms. The van der Waals surface area contributed by atoms with Gasteiger partial charge in [-0.25, -0.2) is 0 Å². The molecule has 0 saturated carbocycles. The van der Waals surface area contributed by atoms with E-state index in [1.807, 2.05) is 0 Å². The van der Waals surface area contributed by atoms with Gasteiger partial charge in [-0.15, -0.1) is 0 Å². The van der Waals surface area contributed by atoms with Crippen LogP contribution in [-0.2, 0) is 0 Å². The van der Waals surface area contributed by atoms with Crippen molar-refractivity contribution in [3.63, 3.8) is 0 Å². The fourth-order valence-corrected chi connectivity index (χ4v) is 1.86. The number of unbranched alkanes of at least 4 members (excludes halogenated alkanes) is 3. The second kappa shape index (κ2) is 10.7. The molecule has 104 valence electrons. The molecule has 0 aliphatic rings. The Hall–Kier alpha value is -1.44. The molecule has 7 nitrogen and oxygen atoms in total. The molecule has 18 heavy (non-hydrogen) atoms. The van der Waals surface area contributed by atoms with Crippen LogP contribution < -0.4 is 16.4 Å². The van der Waals surface area contributed by atoms with Crippen LogP contribution in [0.25, 0.3) is 0 Å². The molecule has 0 rings (SSSR count). The minimum absolute atomic E-state index is 0.167. The molecule has 0 aliphatic heterocycles. The van der Waals surface area contributed by atoms with Crippen LogP contribution in [0.4, 0.5) is 0 Å². The van der Waals surface area contributed by atoms with E-state index in [0.717, 1.165) is 37.6 Å². The molecule has 0 aromatic carbocycles. The van der Waals surface area contributed by atoms with Crippen LogP contribution in [0.5, 0.6) is 0 Å². The van der Waals surface area contributed by atoms with Crippen molar-refractivity contribution in [3.8, 4) is 0 Å². The molecule has 0 aromatic rings. The predicted octanol–water partition coefficient (Wildman–Crippen LogP) is 1.06. The van der Waals surface area contributed by atoms with Gasteiger partial charge in [0.25, 0.3) is 6.20 Å². The highest BCUT2D eigenvalue weighted by molar-refractivity contribution is 8.13. The highest BCUT2D eigenvalue weighted by Gasteiger charge is 1.99. The zero-order valence-electron chi connectivity index (χ0n) is 10.6. The first kappa shape index (κ1) is 16.6. The Morgan fingerprint density at radius 2 is 2.11 bits per heavy atom. The zero-order valence-corrected chi connectivity index (χ0v) is 11.4. The van der Waals surface area contributed by atoms with Crippen LogP contribution >= 0.6 is 11.8 Å². The van der Waals surface area contributed by atoms with Gasteiger partial charge < -0.3 is 16.4 Å². The molecule has 0 heterocycles. The van der Waals surface area contributed by atoms with Gasteiger partial charge in [0, 0.05) is 19.3 Å². The first-order valence-electron chi connectivity index (χ1n) is 5.80. The Balaban J connectivity index is 3.44. The molecule has 8 heteroatoms. The lowest BCUT2D eigenvalue weighted by atomic mass is 10.2. The van der Waals surface area contributed by atoms with Crippen LogP contribution in [0.15, 0.2) is 12.0 Å². The molecule has 0 spiro atoms. The molecular weight excluding hydrogens is 254 g/mol. The molecular formula is C10H21N5O2S. The van der Waals surface area contributed by atoms with Crippen molar-refractivity contribution in [2.24, 2.45) is 5.73 Å². The number of thioether (sulfide) groups is 1. The standard InChI is InChI=1S/C10H21N5O2S/c1-13-9(8-15(16)17)14-6-4-2-3-5-7-18-10(11)12/h8,13-14H,2-7H2,1H3,(H3,11,12)/b9-8+. The summed E-state index contributed by atoms with van der Waals surface area (Å²) < 4.78 is 0. The average Bonchev–Trinajstić information content (AvgIpc) is 2.30. The first-order chi connectivity index (χ1) is 8.56. The number of hydrogen-bond acceptors (Lipinski definition) is 6. The SMILES string of the molecule is CN/C(=C\[N+](=O)[O-])NCCCCCCSC(=N)N. The van der Waals surface area contributed by atoms with Crippen molar-refractivity contribution in [3.05, 3.63) is 22.1 Å². The van der Waals surface area contributed by atoms with Gasteiger partial charge in [0.2, 0.25) is 0 Å². The first-order valence-corrected chi connectivity index (χ1v) is 6.78. The molecule has 0 aliphatic carbocycles. The van der Waals surface area contributed by atoms with Gasteiger partial charge in [-0.2, -0.15) is 0 Å². The smallest absolute Gasteiger partial charge is 0.274 e. The molecule has 5 N–H and O–H groups in total. The van der Waals surface area contributed by atoms with Crippen molar-refractivity contribution in [1.29, 1.82) is 5.41 Å². The maximum Gasteiger partial charge on any atom is 0.274 e. The fourth-order valence-electron chi connectivity index (χ4n) is 1.29. The van der Waals surface area contributed by atoms with Crippen molar-refractivity contribution in [1.82, 2.24) is 10.6 Å². The Labute approximate surface area is 111 Å². The van der Waals surface area contributed by atoms with E-state index in [1.165, 1.54) is 11.8 Å². The van der Waals surface area contributed by atoms with E-state index in [9.17, 15) is 10.1 Å².